The summed E-state index contributed by atoms with van der Waals surface area (Å²) in [6.45, 7) is 0. The van der Waals surface area contributed by atoms with Crippen molar-refractivity contribution in [1.29, 1.82) is 0 Å². The molecule has 0 fully saturated rings. The van der Waals surface area contributed by atoms with Crippen LogP contribution in [0.25, 0.3) is 5.69 Å². The SMILES string of the molecule is COC(=O)c1ncn(-c2cc(C(N)=O)c(N)cc2F)n1. The van der Waals surface area contributed by atoms with Crippen molar-refractivity contribution >= 4 is 17.6 Å². The van der Waals surface area contributed by atoms with E-state index in [4.69, 9.17) is 11.5 Å². The Morgan fingerprint density at radius 2 is 2.10 bits per heavy atom. The first kappa shape index (κ1) is 13.5. The molecule has 2 rings (SSSR count). The highest BCUT2D eigenvalue weighted by Gasteiger charge is 2.17. The first-order valence-electron chi connectivity index (χ1n) is 5.33. The van der Waals surface area contributed by atoms with Gasteiger partial charge in [-0.25, -0.2) is 18.9 Å². The Hall–Kier alpha value is -2.97. The summed E-state index contributed by atoms with van der Waals surface area (Å²) >= 11 is 0. The van der Waals surface area contributed by atoms with Gasteiger partial charge in [-0.1, -0.05) is 0 Å². The van der Waals surface area contributed by atoms with E-state index in [1.54, 1.807) is 0 Å². The lowest BCUT2D eigenvalue weighted by molar-refractivity contribution is 0.0586. The number of ether oxygens (including phenoxy) is 1. The summed E-state index contributed by atoms with van der Waals surface area (Å²) in [7, 11) is 1.16. The highest BCUT2D eigenvalue weighted by Crippen LogP contribution is 2.20. The van der Waals surface area contributed by atoms with E-state index >= 15 is 0 Å². The van der Waals surface area contributed by atoms with Crippen LogP contribution in [0, 0.1) is 5.82 Å². The number of hydrogen-bond acceptors (Lipinski definition) is 6. The van der Waals surface area contributed by atoms with Crippen molar-refractivity contribution in [3.63, 3.8) is 0 Å². The third kappa shape index (κ3) is 2.28. The number of halogens is 1. The van der Waals surface area contributed by atoms with E-state index in [1.165, 1.54) is 0 Å². The Morgan fingerprint density at radius 1 is 1.40 bits per heavy atom. The fourth-order valence-electron chi connectivity index (χ4n) is 1.53. The second-order valence-corrected chi connectivity index (χ2v) is 3.76. The molecule has 0 bridgehead atoms. The number of hydrogen-bond donors (Lipinski definition) is 2. The molecule has 1 amide bonds. The molecule has 0 spiro atoms. The summed E-state index contributed by atoms with van der Waals surface area (Å²) in [5.74, 6) is -2.56. The normalized spacial score (nSPS) is 10.3. The summed E-state index contributed by atoms with van der Waals surface area (Å²) in [6.07, 6.45) is 1.10. The standard InChI is InChI=1S/C11H10FN5O3/c1-20-11(19)10-15-4-17(16-10)8-2-5(9(14)18)7(13)3-6(8)12/h2-4H,13H2,1H3,(H2,14,18). The van der Waals surface area contributed by atoms with Gasteiger partial charge in [-0.3, -0.25) is 4.79 Å². The number of nitrogens with two attached hydrogens (primary N) is 2. The van der Waals surface area contributed by atoms with E-state index in [1.807, 2.05) is 0 Å². The molecule has 8 nitrogen and oxygen atoms in total. The van der Waals surface area contributed by atoms with Gasteiger partial charge >= 0.3 is 5.97 Å². The molecule has 9 heteroatoms. The maximum atomic E-state index is 13.8. The zero-order valence-corrected chi connectivity index (χ0v) is 10.3. The molecule has 1 aromatic carbocycles. The van der Waals surface area contributed by atoms with Crippen LogP contribution in [0.1, 0.15) is 21.0 Å². The first-order chi connectivity index (χ1) is 9.43. The fraction of sp³-hybridized carbons (Fsp3) is 0.0909. The van der Waals surface area contributed by atoms with Crippen molar-refractivity contribution in [1.82, 2.24) is 14.8 Å². The first-order valence-corrected chi connectivity index (χ1v) is 5.33. The zero-order valence-electron chi connectivity index (χ0n) is 10.3. The van der Waals surface area contributed by atoms with Gasteiger partial charge in [0.2, 0.25) is 0 Å². The second-order valence-electron chi connectivity index (χ2n) is 3.76. The summed E-state index contributed by atoms with van der Waals surface area (Å²) in [4.78, 5) is 26.1. The van der Waals surface area contributed by atoms with Crippen LogP contribution in [0.4, 0.5) is 10.1 Å². The molecule has 0 atom stereocenters. The molecule has 4 N–H and O–H groups in total. The fourth-order valence-corrected chi connectivity index (χ4v) is 1.53. The molecule has 0 saturated heterocycles. The van der Waals surface area contributed by atoms with Crippen LogP contribution >= 0.6 is 0 Å². The predicted octanol–water partition coefficient (Wildman–Crippen LogP) is -0.126. The van der Waals surface area contributed by atoms with Crippen LogP contribution in [0.5, 0.6) is 0 Å². The van der Waals surface area contributed by atoms with Crippen molar-refractivity contribution in [3.05, 3.63) is 35.7 Å². The predicted molar refractivity (Wildman–Crippen MR) is 65.6 cm³/mol. The molecule has 104 valence electrons. The molecule has 1 aromatic heterocycles. The van der Waals surface area contributed by atoms with Crippen LogP contribution in [0.15, 0.2) is 18.5 Å². The van der Waals surface area contributed by atoms with Crippen molar-refractivity contribution in [2.45, 2.75) is 0 Å². The molecule has 0 unspecified atom stereocenters. The molecule has 0 aliphatic carbocycles. The molecular weight excluding hydrogens is 269 g/mol. The minimum atomic E-state index is -0.808. The molecular formula is C11H10FN5O3. The summed E-state index contributed by atoms with van der Waals surface area (Å²) in [5.41, 5.74) is 10.3. The number of carbonyl (C=O) groups excluding carboxylic acids is 2. The largest absolute Gasteiger partial charge is 0.463 e. The Morgan fingerprint density at radius 3 is 2.70 bits per heavy atom. The number of aromatic nitrogens is 3. The van der Waals surface area contributed by atoms with Gasteiger partial charge in [0, 0.05) is 5.69 Å². The van der Waals surface area contributed by atoms with Gasteiger partial charge in [0.15, 0.2) is 5.82 Å². The van der Waals surface area contributed by atoms with Crippen LogP contribution < -0.4 is 11.5 Å². The number of anilines is 1. The van der Waals surface area contributed by atoms with E-state index in [0.717, 1.165) is 30.3 Å². The Bertz CT molecular complexity index is 697. The van der Waals surface area contributed by atoms with Gasteiger partial charge in [-0.2, -0.15) is 0 Å². The van der Waals surface area contributed by atoms with Crippen LogP contribution in [-0.4, -0.2) is 33.8 Å². The molecule has 0 aliphatic rings. The van der Waals surface area contributed by atoms with E-state index in [9.17, 15) is 14.0 Å². The number of primary amides is 1. The van der Waals surface area contributed by atoms with Crippen molar-refractivity contribution < 1.29 is 18.7 Å². The van der Waals surface area contributed by atoms with Crippen molar-refractivity contribution in [2.75, 3.05) is 12.8 Å². The number of benzene rings is 1. The van der Waals surface area contributed by atoms with Gasteiger partial charge in [-0.05, 0) is 12.1 Å². The number of carbonyl (C=O) groups is 2. The molecule has 20 heavy (non-hydrogen) atoms. The Balaban J connectivity index is 2.52. The minimum absolute atomic E-state index is 0.0588. The summed E-state index contributed by atoms with van der Waals surface area (Å²) in [5, 5.41) is 3.74. The number of amides is 1. The number of rotatable bonds is 3. The van der Waals surface area contributed by atoms with Gasteiger partial charge in [0.1, 0.15) is 12.0 Å². The number of nitrogens with zero attached hydrogens (tertiary/aromatic N) is 3. The maximum absolute atomic E-state index is 13.8. The van der Waals surface area contributed by atoms with Gasteiger partial charge in [-0.15, -0.1) is 5.10 Å². The highest BCUT2D eigenvalue weighted by atomic mass is 19.1. The average Bonchev–Trinajstić information content (AvgIpc) is 2.86. The average molecular weight is 279 g/mol. The minimum Gasteiger partial charge on any atom is -0.463 e. The molecule has 1 heterocycles. The summed E-state index contributed by atoms with van der Waals surface area (Å²) < 4.78 is 19.2. The van der Waals surface area contributed by atoms with Gasteiger partial charge < -0.3 is 16.2 Å². The summed E-state index contributed by atoms with van der Waals surface area (Å²) in [6, 6.07) is 2.07. The second kappa shape index (κ2) is 4.96. The van der Waals surface area contributed by atoms with Crippen LogP contribution in [-0.2, 0) is 4.74 Å². The van der Waals surface area contributed by atoms with Gasteiger partial charge in [0.05, 0.1) is 12.7 Å². The quantitative estimate of drug-likeness (QED) is 0.595. The van der Waals surface area contributed by atoms with E-state index in [0.29, 0.717) is 0 Å². The Kier molecular flexibility index (Phi) is 3.34. The van der Waals surface area contributed by atoms with Crippen LogP contribution in [0.2, 0.25) is 0 Å². The monoisotopic (exact) mass is 279 g/mol. The van der Waals surface area contributed by atoms with E-state index < -0.39 is 17.7 Å². The highest BCUT2D eigenvalue weighted by molar-refractivity contribution is 5.98. The third-order valence-corrected chi connectivity index (χ3v) is 2.49. The van der Waals surface area contributed by atoms with Crippen molar-refractivity contribution in [3.8, 4) is 5.69 Å². The third-order valence-electron chi connectivity index (χ3n) is 2.49. The number of nitrogen functional groups attached to an aromatic ring is 1. The number of esters is 1. The topological polar surface area (TPSA) is 126 Å². The lowest BCUT2D eigenvalue weighted by Gasteiger charge is -2.07. The maximum Gasteiger partial charge on any atom is 0.377 e. The van der Waals surface area contributed by atoms with E-state index in [-0.39, 0.29) is 22.8 Å². The van der Waals surface area contributed by atoms with Gasteiger partial charge in [0.25, 0.3) is 11.7 Å². The van der Waals surface area contributed by atoms with E-state index in [2.05, 4.69) is 14.8 Å². The lowest BCUT2D eigenvalue weighted by atomic mass is 10.1. The smallest absolute Gasteiger partial charge is 0.377 e. The van der Waals surface area contributed by atoms with Crippen molar-refractivity contribution in [2.24, 2.45) is 5.73 Å². The zero-order chi connectivity index (χ0) is 14.9. The lowest BCUT2D eigenvalue weighted by Crippen LogP contribution is -2.15. The Labute approximate surface area is 112 Å². The number of methoxy groups -OCH3 is 1. The molecule has 2 aromatic rings. The van der Waals surface area contributed by atoms with Crippen LogP contribution in [0.3, 0.4) is 0 Å². The molecule has 0 radical (unpaired) electrons. The molecule has 0 saturated carbocycles. The molecule has 0 aliphatic heterocycles.